The van der Waals surface area contributed by atoms with Crippen LogP contribution in [0, 0.1) is 6.85 Å². The molecule has 43 heavy (non-hydrogen) atoms. The van der Waals surface area contributed by atoms with Gasteiger partial charge < -0.3 is 9.80 Å². The van der Waals surface area contributed by atoms with Crippen molar-refractivity contribution in [1.29, 1.82) is 0 Å². The third-order valence-electron chi connectivity index (χ3n) is 7.63. The van der Waals surface area contributed by atoms with Crippen LogP contribution in [0.5, 0.6) is 0 Å². The Morgan fingerprint density at radius 2 is 1.93 bits per heavy atom. The Morgan fingerprint density at radius 3 is 2.58 bits per heavy atom. The van der Waals surface area contributed by atoms with Gasteiger partial charge in [0.2, 0.25) is 5.91 Å². The zero-order valence-corrected chi connectivity index (χ0v) is 25.1. The Morgan fingerprint density at radius 1 is 1.19 bits per heavy atom. The van der Waals surface area contributed by atoms with Gasteiger partial charge in [-0.3, -0.25) is 9.78 Å². The molecule has 1 aliphatic rings. The molecule has 1 amide bonds. The van der Waals surface area contributed by atoms with Gasteiger partial charge in [0.15, 0.2) is 5.65 Å². The van der Waals surface area contributed by atoms with Crippen molar-refractivity contribution in [1.82, 2.24) is 24.4 Å². The average Bonchev–Trinajstić information content (AvgIpc) is 3.02. The molecule has 4 heterocycles. The van der Waals surface area contributed by atoms with Crippen LogP contribution in [0.4, 0.5) is 5.82 Å². The molecule has 2 atom stereocenters. The maximum absolute atomic E-state index is 14.4. The summed E-state index contributed by atoms with van der Waals surface area (Å²) in [6, 6.07) is 8.36. The molecular formula is C34H37ClN6O2. The summed E-state index contributed by atoms with van der Waals surface area (Å²) in [6.45, 7) is 5.14. The van der Waals surface area contributed by atoms with Crippen LogP contribution in [0.15, 0.2) is 66.6 Å². The molecule has 0 aliphatic carbocycles. The molecule has 0 saturated carbocycles. The summed E-state index contributed by atoms with van der Waals surface area (Å²) in [5.74, 6) is -0.371. The van der Waals surface area contributed by atoms with Crippen LogP contribution < -0.4 is 10.6 Å². The summed E-state index contributed by atoms with van der Waals surface area (Å²) in [5, 5.41) is 0.322. The summed E-state index contributed by atoms with van der Waals surface area (Å²) in [4.78, 5) is 44.4. The zero-order chi connectivity index (χ0) is 37.7. The molecule has 0 spiro atoms. The second kappa shape index (κ2) is 11.8. The number of fused-ring (bicyclic) bond motifs is 1. The number of amides is 1. The first kappa shape index (κ1) is 21.4. The smallest absolute Gasteiger partial charge is 0.347 e. The minimum absolute atomic E-state index is 0.0132. The van der Waals surface area contributed by atoms with E-state index < -0.39 is 31.5 Å². The highest BCUT2D eigenvalue weighted by molar-refractivity contribution is 6.34. The highest BCUT2D eigenvalue weighted by Gasteiger charge is 2.34. The van der Waals surface area contributed by atoms with Gasteiger partial charge in [-0.25, -0.2) is 14.3 Å². The second-order valence-corrected chi connectivity index (χ2v) is 11.4. The van der Waals surface area contributed by atoms with E-state index in [0.29, 0.717) is 18.8 Å². The molecule has 9 heteroatoms. The van der Waals surface area contributed by atoms with E-state index in [-0.39, 0.29) is 73.9 Å². The van der Waals surface area contributed by atoms with E-state index in [4.69, 9.17) is 27.6 Å². The number of hydrogen-bond donors (Lipinski definition) is 0. The lowest BCUT2D eigenvalue weighted by molar-refractivity contribution is -0.127. The number of nitrogens with zero attached hydrogens (tertiary/aromatic N) is 6. The Kier molecular flexibility index (Phi) is 5.85. The largest absolute Gasteiger partial charge is 0.355 e. The number of piperazine rings is 1. The Bertz CT molecular complexity index is 2110. The van der Waals surface area contributed by atoms with Crippen molar-refractivity contribution >= 4 is 39.9 Å². The van der Waals surface area contributed by atoms with Crippen LogP contribution in [0.25, 0.3) is 33.6 Å². The van der Waals surface area contributed by atoms with Crippen molar-refractivity contribution in [2.75, 3.05) is 18.0 Å². The number of pyridine rings is 2. The lowest BCUT2D eigenvalue weighted by Gasteiger charge is -2.45. The highest BCUT2D eigenvalue weighted by Crippen LogP contribution is 2.38. The molecule has 1 aromatic carbocycles. The van der Waals surface area contributed by atoms with E-state index in [2.05, 4.69) is 16.5 Å². The predicted octanol–water partition coefficient (Wildman–Crippen LogP) is 6.57. The Hall–Kier alpha value is -4.30. The van der Waals surface area contributed by atoms with Crippen molar-refractivity contribution in [3.63, 3.8) is 0 Å². The van der Waals surface area contributed by atoms with Gasteiger partial charge in [0.1, 0.15) is 5.82 Å². The maximum atomic E-state index is 14.4. The molecule has 0 bridgehead atoms. The molecule has 3 aromatic heterocycles. The third kappa shape index (κ3) is 5.36. The number of aromatic nitrogens is 4. The van der Waals surface area contributed by atoms with Crippen molar-refractivity contribution < 1.29 is 15.8 Å². The number of rotatable bonds is 6. The molecule has 1 fully saturated rings. The number of hydrogen-bond acceptors (Lipinski definition) is 6. The summed E-state index contributed by atoms with van der Waals surface area (Å²) in [6.07, 6.45) is 2.61. The van der Waals surface area contributed by atoms with Crippen molar-refractivity contribution in [2.24, 2.45) is 0 Å². The summed E-state index contributed by atoms with van der Waals surface area (Å²) in [5.41, 5.74) is -1.05. The van der Waals surface area contributed by atoms with Crippen molar-refractivity contribution in [2.45, 2.75) is 59.4 Å². The van der Waals surface area contributed by atoms with Gasteiger partial charge in [-0.1, -0.05) is 68.4 Å². The third-order valence-corrected chi connectivity index (χ3v) is 7.91. The van der Waals surface area contributed by atoms with Gasteiger partial charge in [-0.2, -0.15) is 4.98 Å². The van der Waals surface area contributed by atoms with Gasteiger partial charge >= 0.3 is 5.69 Å². The molecule has 5 rings (SSSR count). The maximum Gasteiger partial charge on any atom is 0.355 e. The number of anilines is 1. The number of halogens is 1. The van der Waals surface area contributed by atoms with Crippen molar-refractivity contribution in [3.05, 3.63) is 94.1 Å². The molecule has 4 aromatic rings. The molecule has 1 aliphatic heterocycles. The summed E-state index contributed by atoms with van der Waals surface area (Å²) in [7, 11) is 0. The standard InChI is InChI=1S/C34H37ClN6O2/c1-9-28(42)39-17-22(7)40(23(8)18-39)33-26-16-27(35)30(25-13-11-10-12-24(25)19(2)3)37-32(26)41(34(43)38-33)31-21(6)14-15-36-29(31)20(4)5/h9-16,20,22-23H,1-2,17-18H2,3-8H3/t22-,23-/m0/s1/i2D2,3D3,6D3. The van der Waals surface area contributed by atoms with Gasteiger partial charge in [-0.05, 0) is 62.8 Å². The number of carbonyl (C=O) groups is 1. The number of aryl methyl sites for hydroxylation is 1. The summed E-state index contributed by atoms with van der Waals surface area (Å²) < 4.78 is 66.5. The first-order valence-corrected chi connectivity index (χ1v) is 14.3. The van der Waals surface area contributed by atoms with Crippen LogP contribution in [-0.4, -0.2) is 55.5 Å². The van der Waals surface area contributed by atoms with Crippen LogP contribution in [0.1, 0.15) is 68.3 Å². The fourth-order valence-corrected chi connectivity index (χ4v) is 6.03. The lowest BCUT2D eigenvalue weighted by atomic mass is 9.98. The molecule has 0 radical (unpaired) electrons. The SMILES string of the molecule is [2H]C([2H])=C(c1ccccc1-c1nc2c(cc1Cl)c(N1[C@@H](C)CN(C(=O)C=C)C[C@@H]1C)nc(=O)n2-c1c(C([2H])([2H])[2H])ccnc1C(C)C)C([2H])([2H])[2H]. The van der Waals surface area contributed by atoms with E-state index in [1.807, 2.05) is 32.6 Å². The molecule has 0 N–H and O–H groups in total. The van der Waals surface area contributed by atoms with E-state index >= 15 is 0 Å². The summed E-state index contributed by atoms with van der Waals surface area (Å²) >= 11 is 6.99. The van der Waals surface area contributed by atoms with Crippen LogP contribution in [-0.2, 0) is 4.79 Å². The minimum atomic E-state index is -2.84. The van der Waals surface area contributed by atoms with E-state index in [0.717, 1.165) is 4.57 Å². The van der Waals surface area contributed by atoms with Gasteiger partial charge in [-0.15, -0.1) is 0 Å². The highest BCUT2D eigenvalue weighted by atomic mass is 35.5. The molecule has 8 nitrogen and oxygen atoms in total. The van der Waals surface area contributed by atoms with Gasteiger partial charge in [0.25, 0.3) is 0 Å². The fourth-order valence-electron chi connectivity index (χ4n) is 5.78. The minimum Gasteiger partial charge on any atom is -0.347 e. The normalized spacial score (nSPS) is 20.2. The number of benzene rings is 1. The second-order valence-electron chi connectivity index (χ2n) is 11.0. The van der Waals surface area contributed by atoms with E-state index in [1.165, 1.54) is 30.5 Å². The van der Waals surface area contributed by atoms with Crippen molar-refractivity contribution in [3.8, 4) is 16.9 Å². The predicted molar refractivity (Wildman–Crippen MR) is 175 cm³/mol. The van der Waals surface area contributed by atoms with Gasteiger partial charge in [0.05, 0.1) is 30.2 Å². The molecular weight excluding hydrogens is 560 g/mol. The van der Waals surface area contributed by atoms with E-state index in [1.54, 1.807) is 23.1 Å². The van der Waals surface area contributed by atoms with Gasteiger partial charge in [0, 0.05) is 45.2 Å². The fraction of sp³-hybridized carbons (Fsp3) is 0.324. The lowest BCUT2D eigenvalue weighted by Crippen LogP contribution is -2.58. The number of carbonyl (C=O) groups excluding carboxylic acids is 1. The molecule has 0 unspecified atom stereocenters. The Labute approximate surface area is 268 Å². The molecule has 222 valence electrons. The first-order chi connectivity index (χ1) is 23.8. The van der Waals surface area contributed by atoms with Crippen LogP contribution >= 0.6 is 11.6 Å². The van der Waals surface area contributed by atoms with E-state index in [9.17, 15) is 9.59 Å². The quantitative estimate of drug-likeness (QED) is 0.231. The number of allylic oxidation sites excluding steroid dienone is 1. The Balaban J connectivity index is 1.94. The monoisotopic (exact) mass is 604 g/mol. The van der Waals surface area contributed by atoms with Crippen LogP contribution in [0.3, 0.4) is 0 Å². The topological polar surface area (TPSA) is 84.2 Å². The van der Waals surface area contributed by atoms with Crippen LogP contribution in [0.2, 0.25) is 5.02 Å². The zero-order valence-electron chi connectivity index (χ0n) is 32.3. The average molecular weight is 605 g/mol. The first-order valence-electron chi connectivity index (χ1n) is 17.9. The molecule has 1 saturated heterocycles.